The van der Waals surface area contributed by atoms with Gasteiger partial charge in [0, 0.05) is 21.4 Å². The second-order valence-corrected chi connectivity index (χ2v) is 3.50. The SMILES string of the molecule is O=S(Cl)Cl.c1ccoc1. The molecule has 1 heterocycles. The average molecular weight is 187 g/mol. The fourth-order valence-corrected chi connectivity index (χ4v) is 0.227. The van der Waals surface area contributed by atoms with Crippen molar-refractivity contribution in [2.75, 3.05) is 0 Å². The molecule has 0 atom stereocenters. The second kappa shape index (κ2) is 6.13. The summed E-state index contributed by atoms with van der Waals surface area (Å²) in [6, 6.07) is 3.67. The minimum atomic E-state index is -1.67. The standard InChI is InChI=1S/C4H4O.Cl2OS/c1-2-4-5-3-1;1-4(2)3/h1-4H;. The maximum atomic E-state index is 9.09. The van der Waals surface area contributed by atoms with Gasteiger partial charge in [0.05, 0.1) is 12.5 Å². The maximum Gasteiger partial charge on any atom is 0.211 e. The van der Waals surface area contributed by atoms with Gasteiger partial charge in [-0.2, -0.15) is 0 Å². The van der Waals surface area contributed by atoms with E-state index in [-0.39, 0.29) is 0 Å². The minimum absolute atomic E-state index is 1.62. The summed E-state index contributed by atoms with van der Waals surface area (Å²) in [7, 11) is 7.36. The number of furan rings is 1. The van der Waals surface area contributed by atoms with Crippen LogP contribution >= 0.6 is 21.4 Å². The fraction of sp³-hybridized carbons (Fsp3) is 0. The predicted molar refractivity (Wildman–Crippen MR) is 38.6 cm³/mol. The molecule has 0 saturated carbocycles. The molecule has 2 nitrogen and oxygen atoms in total. The summed E-state index contributed by atoms with van der Waals surface area (Å²) >= 11 is 0. The third-order valence-electron chi connectivity index (χ3n) is 0.425. The van der Waals surface area contributed by atoms with Crippen LogP contribution in [0.4, 0.5) is 0 Å². The van der Waals surface area contributed by atoms with Gasteiger partial charge in [0.2, 0.25) is 9.23 Å². The highest BCUT2D eigenvalue weighted by Crippen LogP contribution is 1.89. The molecule has 1 aromatic heterocycles. The highest BCUT2D eigenvalue weighted by atomic mass is 36.0. The molecular weight excluding hydrogens is 183 g/mol. The lowest BCUT2D eigenvalue weighted by Crippen LogP contribution is -1.41. The Hall–Kier alpha value is 0.01000. The summed E-state index contributed by atoms with van der Waals surface area (Å²) in [6.45, 7) is 0. The molecule has 0 radical (unpaired) electrons. The van der Waals surface area contributed by atoms with Crippen molar-refractivity contribution in [3.63, 3.8) is 0 Å². The van der Waals surface area contributed by atoms with Crippen LogP contribution in [0.1, 0.15) is 0 Å². The Labute approximate surface area is 64.2 Å². The summed E-state index contributed by atoms with van der Waals surface area (Å²) in [5.41, 5.74) is 0. The Morgan fingerprint density at radius 1 is 1.22 bits per heavy atom. The fourth-order valence-electron chi connectivity index (χ4n) is 0.227. The van der Waals surface area contributed by atoms with Crippen molar-refractivity contribution in [2.24, 2.45) is 0 Å². The van der Waals surface area contributed by atoms with Crippen LogP contribution in [0.15, 0.2) is 29.1 Å². The molecule has 0 aliphatic rings. The van der Waals surface area contributed by atoms with Crippen molar-refractivity contribution < 1.29 is 8.63 Å². The van der Waals surface area contributed by atoms with Crippen LogP contribution in [-0.2, 0) is 9.23 Å². The van der Waals surface area contributed by atoms with E-state index in [2.05, 4.69) is 25.8 Å². The Morgan fingerprint density at radius 2 is 1.56 bits per heavy atom. The van der Waals surface area contributed by atoms with Crippen molar-refractivity contribution in [1.82, 2.24) is 0 Å². The molecular formula is C4H4Cl2O2S. The van der Waals surface area contributed by atoms with Gasteiger partial charge < -0.3 is 4.42 Å². The highest BCUT2D eigenvalue weighted by Gasteiger charge is 1.68. The molecule has 1 aromatic rings. The first-order chi connectivity index (χ1) is 4.23. The van der Waals surface area contributed by atoms with E-state index in [0.717, 1.165) is 0 Å². The maximum absolute atomic E-state index is 9.09. The first kappa shape index (κ1) is 9.01. The topological polar surface area (TPSA) is 30.2 Å². The predicted octanol–water partition coefficient (Wildman–Crippen LogP) is 2.32. The van der Waals surface area contributed by atoms with Gasteiger partial charge in [-0.3, -0.25) is 0 Å². The first-order valence-electron chi connectivity index (χ1n) is 1.95. The van der Waals surface area contributed by atoms with Crippen molar-refractivity contribution in [2.45, 2.75) is 0 Å². The molecule has 0 aromatic carbocycles. The minimum Gasteiger partial charge on any atom is -0.473 e. The molecule has 0 saturated heterocycles. The summed E-state index contributed by atoms with van der Waals surface area (Å²) < 4.78 is 13.7. The van der Waals surface area contributed by atoms with Gasteiger partial charge >= 0.3 is 0 Å². The van der Waals surface area contributed by atoms with E-state index in [0.29, 0.717) is 0 Å². The van der Waals surface area contributed by atoms with Crippen LogP contribution in [0.2, 0.25) is 0 Å². The lowest BCUT2D eigenvalue weighted by Gasteiger charge is -1.50. The summed E-state index contributed by atoms with van der Waals surface area (Å²) in [5.74, 6) is 0. The van der Waals surface area contributed by atoms with Gasteiger partial charge in [0.1, 0.15) is 0 Å². The van der Waals surface area contributed by atoms with Crippen LogP contribution in [0.25, 0.3) is 0 Å². The third-order valence-corrected chi connectivity index (χ3v) is 0.425. The zero-order chi connectivity index (χ0) is 7.11. The highest BCUT2D eigenvalue weighted by molar-refractivity contribution is 8.26. The van der Waals surface area contributed by atoms with E-state index in [1.54, 1.807) is 12.5 Å². The summed E-state index contributed by atoms with van der Waals surface area (Å²) in [5, 5.41) is 0. The summed E-state index contributed by atoms with van der Waals surface area (Å²) in [6.07, 6.45) is 3.25. The summed E-state index contributed by atoms with van der Waals surface area (Å²) in [4.78, 5) is 0. The third kappa shape index (κ3) is 11.5. The Balaban J connectivity index is 0.000000148. The van der Waals surface area contributed by atoms with Crippen molar-refractivity contribution in [3.8, 4) is 0 Å². The monoisotopic (exact) mass is 186 g/mol. The molecule has 52 valence electrons. The van der Waals surface area contributed by atoms with Crippen LogP contribution < -0.4 is 0 Å². The lowest BCUT2D eigenvalue weighted by atomic mass is 10.7. The quantitative estimate of drug-likeness (QED) is 0.583. The van der Waals surface area contributed by atoms with Gasteiger partial charge in [0.25, 0.3) is 0 Å². The van der Waals surface area contributed by atoms with Gasteiger partial charge in [0.15, 0.2) is 0 Å². The molecule has 0 amide bonds. The van der Waals surface area contributed by atoms with Gasteiger partial charge in [-0.25, -0.2) is 4.21 Å². The van der Waals surface area contributed by atoms with Crippen molar-refractivity contribution in [3.05, 3.63) is 24.7 Å². The molecule has 9 heavy (non-hydrogen) atoms. The van der Waals surface area contributed by atoms with E-state index in [9.17, 15) is 0 Å². The normalized spacial score (nSPS) is 8.33. The Morgan fingerprint density at radius 3 is 1.67 bits per heavy atom. The largest absolute Gasteiger partial charge is 0.473 e. The molecule has 0 aliphatic carbocycles. The van der Waals surface area contributed by atoms with E-state index in [1.807, 2.05) is 12.1 Å². The van der Waals surface area contributed by atoms with E-state index in [4.69, 9.17) is 4.21 Å². The van der Waals surface area contributed by atoms with Crippen LogP contribution in [-0.4, -0.2) is 4.21 Å². The molecule has 0 spiro atoms. The van der Waals surface area contributed by atoms with Gasteiger partial charge in [-0.05, 0) is 12.1 Å². The number of hydrogen-bond acceptors (Lipinski definition) is 2. The first-order valence-corrected chi connectivity index (χ1v) is 4.75. The van der Waals surface area contributed by atoms with Crippen LogP contribution in [0.3, 0.4) is 0 Å². The molecule has 0 fully saturated rings. The van der Waals surface area contributed by atoms with Crippen LogP contribution in [0.5, 0.6) is 0 Å². The van der Waals surface area contributed by atoms with Crippen molar-refractivity contribution in [1.29, 1.82) is 0 Å². The number of rotatable bonds is 0. The second-order valence-electron chi connectivity index (χ2n) is 0.977. The van der Waals surface area contributed by atoms with E-state index >= 15 is 0 Å². The smallest absolute Gasteiger partial charge is 0.211 e. The Kier molecular flexibility index (Phi) is 6.14. The van der Waals surface area contributed by atoms with E-state index < -0.39 is 9.23 Å². The molecule has 0 bridgehead atoms. The van der Waals surface area contributed by atoms with E-state index in [1.165, 1.54) is 0 Å². The molecule has 5 heteroatoms. The number of hydrogen-bond donors (Lipinski definition) is 0. The zero-order valence-electron chi connectivity index (χ0n) is 4.29. The van der Waals surface area contributed by atoms with Gasteiger partial charge in [-0.1, -0.05) is 0 Å². The molecule has 0 N–H and O–H groups in total. The Bertz CT molecular complexity index is 130. The number of halogens is 2. The van der Waals surface area contributed by atoms with Crippen LogP contribution in [0, 0.1) is 0 Å². The van der Waals surface area contributed by atoms with Crippen molar-refractivity contribution >= 4 is 30.6 Å². The molecule has 0 unspecified atom stereocenters. The van der Waals surface area contributed by atoms with Gasteiger partial charge in [-0.15, -0.1) is 0 Å². The lowest BCUT2D eigenvalue weighted by molar-refractivity contribution is 0.567. The zero-order valence-corrected chi connectivity index (χ0v) is 6.62. The molecule has 0 aliphatic heterocycles. The molecule has 1 rings (SSSR count). The average Bonchev–Trinajstić information content (AvgIpc) is 2.11.